The Kier molecular flexibility index (Phi) is 4.27. The van der Waals surface area contributed by atoms with Gasteiger partial charge in [-0.05, 0) is 13.8 Å². The molecule has 1 N–H and O–H groups in total. The van der Waals surface area contributed by atoms with Crippen LogP contribution >= 0.6 is 0 Å². The highest BCUT2D eigenvalue weighted by Crippen LogP contribution is 2.30. The molecule has 2 heterocycles. The summed E-state index contributed by atoms with van der Waals surface area (Å²) in [5, 5.41) is 3.51. The fourth-order valence-corrected chi connectivity index (χ4v) is 2.56. The highest BCUT2D eigenvalue weighted by atomic mass is 16.5. The number of aromatic nitrogens is 1. The highest BCUT2D eigenvalue weighted by molar-refractivity contribution is 5.42. The maximum atomic E-state index is 5.43. The van der Waals surface area contributed by atoms with E-state index in [2.05, 4.69) is 29.0 Å². The Bertz CT molecular complexity index is 435. The summed E-state index contributed by atoms with van der Waals surface area (Å²) in [6.45, 7) is 8.23. The summed E-state index contributed by atoms with van der Waals surface area (Å²) in [5.41, 5.74) is 1.07. The topological polar surface area (TPSA) is 46.6 Å². The van der Waals surface area contributed by atoms with Crippen molar-refractivity contribution in [2.45, 2.75) is 25.9 Å². The van der Waals surface area contributed by atoms with Crippen molar-refractivity contribution in [2.24, 2.45) is 0 Å². The van der Waals surface area contributed by atoms with E-state index in [4.69, 9.17) is 9.47 Å². The molecule has 1 aliphatic rings. The van der Waals surface area contributed by atoms with Gasteiger partial charge in [0.1, 0.15) is 5.69 Å². The Morgan fingerprint density at radius 1 is 1.37 bits per heavy atom. The van der Waals surface area contributed by atoms with E-state index in [1.54, 1.807) is 20.4 Å². The lowest BCUT2D eigenvalue weighted by atomic mass is 10.0. The van der Waals surface area contributed by atoms with Gasteiger partial charge in [0.15, 0.2) is 11.5 Å². The van der Waals surface area contributed by atoms with Gasteiger partial charge in [0.2, 0.25) is 0 Å². The third kappa shape index (κ3) is 3.36. The normalized spacial score (nSPS) is 19.2. The van der Waals surface area contributed by atoms with Crippen molar-refractivity contribution in [3.63, 3.8) is 0 Å². The van der Waals surface area contributed by atoms with Crippen LogP contribution in [0.15, 0.2) is 12.3 Å². The average molecular weight is 265 g/mol. The molecule has 0 aromatic carbocycles. The monoisotopic (exact) mass is 265 g/mol. The number of hydrogen-bond donors (Lipinski definition) is 1. The van der Waals surface area contributed by atoms with Crippen molar-refractivity contribution in [1.82, 2.24) is 15.2 Å². The fourth-order valence-electron chi connectivity index (χ4n) is 2.56. The van der Waals surface area contributed by atoms with Gasteiger partial charge in [-0.25, -0.2) is 0 Å². The van der Waals surface area contributed by atoms with Gasteiger partial charge in [-0.3, -0.25) is 9.88 Å². The SMILES string of the molecule is COc1ccnc(CN2CCNC(C)(C)C2)c1OC. The largest absolute Gasteiger partial charge is 0.493 e. The molecule has 0 atom stereocenters. The molecule has 1 aromatic heterocycles. The second kappa shape index (κ2) is 5.75. The summed E-state index contributed by atoms with van der Waals surface area (Å²) in [6, 6.07) is 1.82. The number of methoxy groups -OCH3 is 2. The zero-order valence-electron chi connectivity index (χ0n) is 12.2. The van der Waals surface area contributed by atoms with Gasteiger partial charge in [-0.2, -0.15) is 0 Å². The van der Waals surface area contributed by atoms with E-state index in [1.807, 2.05) is 6.07 Å². The third-order valence-corrected chi connectivity index (χ3v) is 3.39. The summed E-state index contributed by atoms with van der Waals surface area (Å²) < 4.78 is 10.7. The van der Waals surface area contributed by atoms with Crippen LogP contribution in [0.4, 0.5) is 0 Å². The Hall–Kier alpha value is -1.33. The van der Waals surface area contributed by atoms with Crippen LogP contribution in [0.2, 0.25) is 0 Å². The zero-order valence-corrected chi connectivity index (χ0v) is 12.2. The highest BCUT2D eigenvalue weighted by Gasteiger charge is 2.26. The number of rotatable bonds is 4. The lowest BCUT2D eigenvalue weighted by Crippen LogP contribution is -2.56. The Labute approximate surface area is 114 Å². The van der Waals surface area contributed by atoms with E-state index in [-0.39, 0.29) is 5.54 Å². The summed E-state index contributed by atoms with van der Waals surface area (Å²) in [7, 11) is 3.31. The molecule has 0 saturated carbocycles. The van der Waals surface area contributed by atoms with Gasteiger partial charge in [-0.15, -0.1) is 0 Å². The first-order valence-electron chi connectivity index (χ1n) is 6.59. The fraction of sp³-hybridized carbons (Fsp3) is 0.643. The first-order valence-corrected chi connectivity index (χ1v) is 6.59. The van der Waals surface area contributed by atoms with Crippen molar-refractivity contribution >= 4 is 0 Å². The quantitative estimate of drug-likeness (QED) is 0.888. The van der Waals surface area contributed by atoms with E-state index in [9.17, 15) is 0 Å². The molecule has 0 unspecified atom stereocenters. The van der Waals surface area contributed by atoms with Crippen LogP contribution < -0.4 is 14.8 Å². The van der Waals surface area contributed by atoms with E-state index in [0.717, 1.165) is 43.4 Å². The second-order valence-electron chi connectivity index (χ2n) is 5.51. The van der Waals surface area contributed by atoms with Crippen LogP contribution in [0.25, 0.3) is 0 Å². The average Bonchev–Trinajstić information content (AvgIpc) is 2.37. The third-order valence-electron chi connectivity index (χ3n) is 3.39. The predicted molar refractivity (Wildman–Crippen MR) is 74.7 cm³/mol. The Morgan fingerprint density at radius 3 is 2.79 bits per heavy atom. The number of hydrogen-bond acceptors (Lipinski definition) is 5. The maximum absolute atomic E-state index is 5.43. The van der Waals surface area contributed by atoms with Crippen molar-refractivity contribution in [3.05, 3.63) is 18.0 Å². The summed E-state index contributed by atoms with van der Waals surface area (Å²) >= 11 is 0. The van der Waals surface area contributed by atoms with Crippen molar-refractivity contribution in [3.8, 4) is 11.5 Å². The molecule has 0 aliphatic carbocycles. The molecular formula is C14H23N3O2. The summed E-state index contributed by atoms with van der Waals surface area (Å²) in [6.07, 6.45) is 1.77. The summed E-state index contributed by atoms with van der Waals surface area (Å²) in [4.78, 5) is 6.82. The minimum atomic E-state index is 0.143. The maximum Gasteiger partial charge on any atom is 0.183 e. The Balaban J connectivity index is 2.14. The molecule has 5 nitrogen and oxygen atoms in total. The standard InChI is InChI=1S/C14H23N3O2/c1-14(2)10-17(8-7-16-14)9-11-13(19-4)12(18-3)5-6-15-11/h5-6,16H,7-10H2,1-4H3. The molecular weight excluding hydrogens is 242 g/mol. The van der Waals surface area contributed by atoms with Crippen LogP contribution in [0.3, 0.4) is 0 Å². The molecule has 5 heteroatoms. The number of nitrogens with zero attached hydrogens (tertiary/aromatic N) is 2. The van der Waals surface area contributed by atoms with Gasteiger partial charge in [0.25, 0.3) is 0 Å². The molecule has 2 rings (SSSR count). The first kappa shape index (κ1) is 14.1. The van der Waals surface area contributed by atoms with Gasteiger partial charge in [0.05, 0.1) is 14.2 Å². The van der Waals surface area contributed by atoms with E-state index < -0.39 is 0 Å². The molecule has 1 aliphatic heterocycles. The number of nitrogens with one attached hydrogen (secondary N) is 1. The van der Waals surface area contributed by atoms with Crippen LogP contribution in [0.1, 0.15) is 19.5 Å². The first-order chi connectivity index (χ1) is 9.05. The zero-order chi connectivity index (χ0) is 13.9. The second-order valence-corrected chi connectivity index (χ2v) is 5.51. The number of piperazine rings is 1. The molecule has 0 radical (unpaired) electrons. The molecule has 0 spiro atoms. The minimum Gasteiger partial charge on any atom is -0.493 e. The van der Waals surface area contributed by atoms with Crippen LogP contribution in [-0.2, 0) is 6.54 Å². The van der Waals surface area contributed by atoms with E-state index in [1.165, 1.54) is 0 Å². The van der Waals surface area contributed by atoms with E-state index in [0.29, 0.717) is 0 Å². The molecule has 1 saturated heterocycles. The number of pyridine rings is 1. The van der Waals surface area contributed by atoms with Crippen molar-refractivity contribution in [1.29, 1.82) is 0 Å². The van der Waals surface area contributed by atoms with Gasteiger partial charge >= 0.3 is 0 Å². The van der Waals surface area contributed by atoms with Gasteiger partial charge in [0, 0.05) is 44.0 Å². The van der Waals surface area contributed by atoms with Gasteiger partial charge in [-0.1, -0.05) is 0 Å². The smallest absolute Gasteiger partial charge is 0.183 e. The van der Waals surface area contributed by atoms with Gasteiger partial charge < -0.3 is 14.8 Å². The van der Waals surface area contributed by atoms with E-state index >= 15 is 0 Å². The van der Waals surface area contributed by atoms with Crippen LogP contribution in [0.5, 0.6) is 11.5 Å². The number of ether oxygens (including phenoxy) is 2. The predicted octanol–water partition coefficient (Wildman–Crippen LogP) is 1.28. The minimum absolute atomic E-state index is 0.143. The molecule has 0 bridgehead atoms. The molecule has 0 amide bonds. The van der Waals surface area contributed by atoms with Crippen molar-refractivity contribution in [2.75, 3.05) is 33.9 Å². The summed E-state index contributed by atoms with van der Waals surface area (Å²) in [5.74, 6) is 1.48. The van der Waals surface area contributed by atoms with Crippen LogP contribution in [-0.4, -0.2) is 49.3 Å². The van der Waals surface area contributed by atoms with Crippen molar-refractivity contribution < 1.29 is 9.47 Å². The molecule has 1 fully saturated rings. The Morgan fingerprint density at radius 2 is 2.16 bits per heavy atom. The molecule has 106 valence electrons. The lowest BCUT2D eigenvalue weighted by molar-refractivity contribution is 0.145. The molecule has 19 heavy (non-hydrogen) atoms. The lowest BCUT2D eigenvalue weighted by Gasteiger charge is -2.39. The molecule has 1 aromatic rings. The van der Waals surface area contributed by atoms with Crippen LogP contribution in [0, 0.1) is 0 Å².